The normalized spacial score (nSPS) is 22.9. The topological polar surface area (TPSA) is 82.4 Å². The van der Waals surface area contributed by atoms with Crippen LogP contribution < -0.4 is 5.32 Å². The molecule has 2 aromatic carbocycles. The molecule has 1 spiro atoms. The highest BCUT2D eigenvalue weighted by Gasteiger charge is 2.46. The zero-order valence-corrected chi connectivity index (χ0v) is 17.5. The lowest BCUT2D eigenvalue weighted by atomic mass is 9.73. The van der Waals surface area contributed by atoms with Crippen LogP contribution in [-0.4, -0.2) is 35.6 Å². The lowest BCUT2D eigenvalue weighted by Gasteiger charge is -2.44. The zero-order chi connectivity index (χ0) is 21.7. The molecule has 2 aromatic rings. The monoisotopic (exact) mass is 417 g/mol. The summed E-state index contributed by atoms with van der Waals surface area (Å²) in [5.74, 6) is 0.708. The Hall–Kier alpha value is -3.33. The number of benzene rings is 2. The van der Waals surface area contributed by atoms with Crippen LogP contribution in [0.3, 0.4) is 0 Å². The van der Waals surface area contributed by atoms with Gasteiger partial charge in [0.15, 0.2) is 0 Å². The van der Waals surface area contributed by atoms with Crippen molar-refractivity contribution in [3.8, 4) is 6.07 Å². The molecule has 1 saturated carbocycles. The number of rotatable bonds is 5. The summed E-state index contributed by atoms with van der Waals surface area (Å²) in [6.45, 7) is 0.569. The summed E-state index contributed by atoms with van der Waals surface area (Å²) in [5.41, 5.74) is 2.27. The second-order valence-electron chi connectivity index (χ2n) is 8.41. The van der Waals surface area contributed by atoms with Gasteiger partial charge in [-0.15, -0.1) is 0 Å². The molecule has 31 heavy (non-hydrogen) atoms. The van der Waals surface area contributed by atoms with E-state index in [0.717, 1.165) is 32.1 Å². The Bertz CT molecular complexity index is 975. The number of nitrogens with one attached hydrogen (secondary N) is 1. The van der Waals surface area contributed by atoms with Crippen molar-refractivity contribution in [3.05, 3.63) is 65.7 Å². The van der Waals surface area contributed by atoms with E-state index < -0.39 is 6.09 Å². The average molecular weight is 418 g/mol. The highest BCUT2D eigenvalue weighted by molar-refractivity contribution is 5.85. The SMILES string of the molecule is N#Cc1cccc(NC(=O)OCCN2C(=O)CCC23CCC(c2ccccc2)CC3)c1. The maximum absolute atomic E-state index is 12.6. The third-order valence-corrected chi connectivity index (χ3v) is 6.65. The molecule has 6 nitrogen and oxygen atoms in total. The zero-order valence-electron chi connectivity index (χ0n) is 17.5. The molecule has 1 aliphatic heterocycles. The van der Waals surface area contributed by atoms with Crippen molar-refractivity contribution in [2.24, 2.45) is 0 Å². The predicted molar refractivity (Wildman–Crippen MR) is 117 cm³/mol. The van der Waals surface area contributed by atoms with Crippen molar-refractivity contribution in [2.75, 3.05) is 18.5 Å². The molecule has 2 amide bonds. The molecule has 1 heterocycles. The van der Waals surface area contributed by atoms with Crippen molar-refractivity contribution in [1.29, 1.82) is 5.26 Å². The second-order valence-corrected chi connectivity index (χ2v) is 8.41. The third-order valence-electron chi connectivity index (χ3n) is 6.65. The van der Waals surface area contributed by atoms with Crippen LogP contribution in [0, 0.1) is 11.3 Å². The van der Waals surface area contributed by atoms with Gasteiger partial charge in [0.2, 0.25) is 5.91 Å². The van der Waals surface area contributed by atoms with Gasteiger partial charge in [-0.1, -0.05) is 36.4 Å². The summed E-state index contributed by atoms with van der Waals surface area (Å²) in [6, 6.07) is 19.3. The summed E-state index contributed by atoms with van der Waals surface area (Å²) in [6.07, 6.45) is 5.01. The van der Waals surface area contributed by atoms with Gasteiger partial charge < -0.3 is 9.64 Å². The minimum Gasteiger partial charge on any atom is -0.447 e. The molecule has 0 atom stereocenters. The summed E-state index contributed by atoms with van der Waals surface area (Å²) in [5, 5.41) is 11.6. The largest absolute Gasteiger partial charge is 0.447 e. The number of anilines is 1. The lowest BCUT2D eigenvalue weighted by molar-refractivity contribution is -0.132. The second kappa shape index (κ2) is 9.22. The van der Waals surface area contributed by atoms with E-state index in [9.17, 15) is 9.59 Å². The van der Waals surface area contributed by atoms with E-state index in [1.54, 1.807) is 24.3 Å². The molecule has 4 rings (SSSR count). The van der Waals surface area contributed by atoms with Crippen LogP contribution >= 0.6 is 0 Å². The van der Waals surface area contributed by atoms with Crippen molar-refractivity contribution in [1.82, 2.24) is 4.90 Å². The molecule has 1 aliphatic carbocycles. The highest BCUT2D eigenvalue weighted by atomic mass is 16.5. The Morgan fingerprint density at radius 2 is 1.90 bits per heavy atom. The number of ether oxygens (including phenoxy) is 1. The van der Waals surface area contributed by atoms with E-state index in [-0.39, 0.29) is 18.1 Å². The van der Waals surface area contributed by atoms with Crippen LogP contribution in [0.2, 0.25) is 0 Å². The number of amides is 2. The smallest absolute Gasteiger partial charge is 0.411 e. The van der Waals surface area contributed by atoms with Crippen molar-refractivity contribution in [2.45, 2.75) is 50.0 Å². The van der Waals surface area contributed by atoms with E-state index in [0.29, 0.717) is 30.1 Å². The van der Waals surface area contributed by atoms with Crippen LogP contribution in [0.1, 0.15) is 55.6 Å². The highest BCUT2D eigenvalue weighted by Crippen LogP contribution is 2.46. The fourth-order valence-corrected chi connectivity index (χ4v) is 5.02. The Morgan fingerprint density at radius 1 is 1.13 bits per heavy atom. The van der Waals surface area contributed by atoms with Gasteiger partial charge in [-0.25, -0.2) is 4.79 Å². The molecule has 0 radical (unpaired) electrons. The Labute approximate surface area is 182 Å². The fourth-order valence-electron chi connectivity index (χ4n) is 5.02. The lowest BCUT2D eigenvalue weighted by Crippen LogP contribution is -2.49. The number of nitriles is 1. The number of carbonyl (C=O) groups is 2. The van der Waals surface area contributed by atoms with Crippen LogP contribution in [0.4, 0.5) is 10.5 Å². The molecule has 0 bridgehead atoms. The van der Waals surface area contributed by atoms with Crippen molar-refractivity contribution in [3.63, 3.8) is 0 Å². The molecular weight excluding hydrogens is 390 g/mol. The quantitative estimate of drug-likeness (QED) is 0.756. The van der Waals surface area contributed by atoms with Gasteiger partial charge in [0, 0.05) is 17.6 Å². The molecule has 2 aliphatic rings. The first-order chi connectivity index (χ1) is 15.1. The minimum atomic E-state index is -0.580. The number of likely N-dealkylation sites (tertiary alicyclic amines) is 1. The third kappa shape index (κ3) is 4.72. The Kier molecular flexibility index (Phi) is 6.22. The van der Waals surface area contributed by atoms with Crippen molar-refractivity contribution < 1.29 is 14.3 Å². The first-order valence-electron chi connectivity index (χ1n) is 10.9. The van der Waals surface area contributed by atoms with E-state index in [1.165, 1.54) is 5.56 Å². The number of hydrogen-bond acceptors (Lipinski definition) is 4. The standard InChI is InChI=1S/C25H27N3O3/c26-18-19-5-4-8-22(17-19)27-24(30)31-16-15-28-23(29)11-14-25(28)12-9-21(10-13-25)20-6-2-1-3-7-20/h1-8,17,21H,9-16H2,(H,27,30). The van der Waals surface area contributed by atoms with Gasteiger partial charge in [-0.05, 0) is 61.8 Å². The molecule has 1 saturated heterocycles. The maximum Gasteiger partial charge on any atom is 0.411 e. The summed E-state index contributed by atoms with van der Waals surface area (Å²) >= 11 is 0. The molecule has 1 N–H and O–H groups in total. The van der Waals surface area contributed by atoms with Gasteiger partial charge in [-0.3, -0.25) is 10.1 Å². The van der Waals surface area contributed by atoms with Gasteiger partial charge >= 0.3 is 6.09 Å². The van der Waals surface area contributed by atoms with Crippen LogP contribution in [0.15, 0.2) is 54.6 Å². The van der Waals surface area contributed by atoms with E-state index in [1.807, 2.05) is 17.0 Å². The predicted octanol–water partition coefficient (Wildman–Crippen LogP) is 4.83. The fraction of sp³-hybridized carbons (Fsp3) is 0.400. The van der Waals surface area contributed by atoms with Gasteiger partial charge in [-0.2, -0.15) is 5.26 Å². The van der Waals surface area contributed by atoms with Gasteiger partial charge in [0.05, 0.1) is 18.2 Å². The first-order valence-corrected chi connectivity index (χ1v) is 10.9. The molecule has 0 aromatic heterocycles. The maximum atomic E-state index is 12.6. The van der Waals surface area contributed by atoms with Crippen molar-refractivity contribution >= 4 is 17.7 Å². The minimum absolute atomic E-state index is 0.0939. The van der Waals surface area contributed by atoms with E-state index in [4.69, 9.17) is 10.00 Å². The average Bonchev–Trinajstić information content (AvgIpc) is 3.10. The summed E-state index contributed by atoms with van der Waals surface area (Å²) in [7, 11) is 0. The van der Waals surface area contributed by atoms with E-state index >= 15 is 0 Å². The summed E-state index contributed by atoms with van der Waals surface area (Å²) in [4.78, 5) is 26.6. The number of hydrogen-bond donors (Lipinski definition) is 1. The Balaban J connectivity index is 1.30. The van der Waals surface area contributed by atoms with Gasteiger partial charge in [0.1, 0.15) is 6.61 Å². The molecule has 160 valence electrons. The number of nitrogens with zero attached hydrogens (tertiary/aromatic N) is 2. The van der Waals surface area contributed by atoms with Crippen LogP contribution in [0.25, 0.3) is 0 Å². The number of carbonyl (C=O) groups excluding carboxylic acids is 2. The van der Waals surface area contributed by atoms with Gasteiger partial charge in [0.25, 0.3) is 0 Å². The Morgan fingerprint density at radius 3 is 2.65 bits per heavy atom. The first kappa shape index (κ1) is 20.9. The molecular formula is C25H27N3O3. The molecule has 6 heteroatoms. The molecule has 2 fully saturated rings. The molecule has 0 unspecified atom stereocenters. The van der Waals surface area contributed by atoms with Crippen LogP contribution in [-0.2, 0) is 9.53 Å². The van der Waals surface area contributed by atoms with Crippen LogP contribution in [0.5, 0.6) is 0 Å². The summed E-state index contributed by atoms with van der Waals surface area (Å²) < 4.78 is 5.33. The van der Waals surface area contributed by atoms with E-state index in [2.05, 4.69) is 29.6 Å².